The summed E-state index contributed by atoms with van der Waals surface area (Å²) in [6, 6.07) is 3.53. The molecule has 2 N–H and O–H groups in total. The van der Waals surface area contributed by atoms with Gasteiger partial charge in [-0.25, -0.2) is 9.97 Å². The molecule has 0 fully saturated rings. The summed E-state index contributed by atoms with van der Waals surface area (Å²) in [5, 5.41) is 4.01. The van der Waals surface area contributed by atoms with E-state index in [0.29, 0.717) is 5.88 Å². The zero-order valence-corrected chi connectivity index (χ0v) is 9.07. The highest BCUT2D eigenvalue weighted by Crippen LogP contribution is 2.21. The van der Waals surface area contributed by atoms with Crippen molar-refractivity contribution in [1.29, 1.82) is 0 Å². The lowest BCUT2D eigenvalue weighted by Gasteiger charge is -2.09. The minimum absolute atomic E-state index is 0.215. The molecule has 78 valence electrons. The van der Waals surface area contributed by atoms with E-state index in [4.69, 9.17) is 10.5 Å². The number of hydrogen-bond acceptors (Lipinski definition) is 5. The van der Waals surface area contributed by atoms with Gasteiger partial charge in [-0.05, 0) is 22.4 Å². The SMILES string of the molecule is COc1cc(C(N)c2ccsc2)ncn1. The van der Waals surface area contributed by atoms with Gasteiger partial charge in [0.05, 0.1) is 18.8 Å². The predicted molar refractivity (Wildman–Crippen MR) is 58.9 cm³/mol. The standard InChI is InChI=1S/C10H11N3OS/c1-14-9-4-8(12-6-13-9)10(11)7-2-3-15-5-7/h2-6,10H,11H2,1H3. The third-order valence-electron chi connectivity index (χ3n) is 2.09. The Labute approximate surface area is 91.8 Å². The van der Waals surface area contributed by atoms with Gasteiger partial charge in [-0.15, -0.1) is 0 Å². The van der Waals surface area contributed by atoms with Crippen molar-refractivity contribution in [1.82, 2.24) is 9.97 Å². The maximum absolute atomic E-state index is 6.05. The number of hydrogen-bond donors (Lipinski definition) is 1. The van der Waals surface area contributed by atoms with E-state index in [1.165, 1.54) is 6.33 Å². The molecule has 4 nitrogen and oxygen atoms in total. The molecule has 15 heavy (non-hydrogen) atoms. The first-order valence-corrected chi connectivity index (χ1v) is 5.39. The molecule has 0 aliphatic rings. The van der Waals surface area contributed by atoms with Gasteiger partial charge in [-0.2, -0.15) is 11.3 Å². The highest BCUT2D eigenvalue weighted by Gasteiger charge is 2.11. The van der Waals surface area contributed by atoms with E-state index in [1.54, 1.807) is 24.5 Å². The van der Waals surface area contributed by atoms with Crippen LogP contribution in [0.15, 0.2) is 29.2 Å². The molecule has 2 heterocycles. The van der Waals surface area contributed by atoms with Crippen molar-refractivity contribution in [2.45, 2.75) is 6.04 Å². The zero-order chi connectivity index (χ0) is 10.7. The topological polar surface area (TPSA) is 61.0 Å². The van der Waals surface area contributed by atoms with E-state index in [2.05, 4.69) is 9.97 Å². The molecule has 0 bridgehead atoms. The molecule has 0 aromatic carbocycles. The fourth-order valence-electron chi connectivity index (χ4n) is 1.26. The van der Waals surface area contributed by atoms with E-state index in [1.807, 2.05) is 16.8 Å². The summed E-state index contributed by atoms with van der Waals surface area (Å²) in [5.41, 5.74) is 7.87. The molecule has 0 aliphatic carbocycles. The summed E-state index contributed by atoms with van der Waals surface area (Å²) in [6.07, 6.45) is 1.46. The van der Waals surface area contributed by atoms with E-state index in [0.717, 1.165) is 11.3 Å². The van der Waals surface area contributed by atoms with Crippen LogP contribution in [0.4, 0.5) is 0 Å². The van der Waals surface area contributed by atoms with Crippen molar-refractivity contribution in [3.63, 3.8) is 0 Å². The molecule has 0 radical (unpaired) electrons. The summed E-state index contributed by atoms with van der Waals surface area (Å²) in [7, 11) is 1.57. The van der Waals surface area contributed by atoms with Crippen LogP contribution in [0, 0.1) is 0 Å². The van der Waals surface area contributed by atoms with Crippen molar-refractivity contribution in [3.8, 4) is 5.88 Å². The first kappa shape index (κ1) is 10.1. The summed E-state index contributed by atoms with van der Waals surface area (Å²) in [4.78, 5) is 8.07. The molecule has 5 heteroatoms. The molecule has 2 rings (SSSR count). The first-order valence-electron chi connectivity index (χ1n) is 4.45. The lowest BCUT2D eigenvalue weighted by molar-refractivity contribution is 0.395. The van der Waals surface area contributed by atoms with E-state index >= 15 is 0 Å². The highest BCUT2D eigenvalue weighted by molar-refractivity contribution is 7.07. The van der Waals surface area contributed by atoms with Crippen LogP contribution in [0.25, 0.3) is 0 Å². The number of nitrogens with two attached hydrogens (primary N) is 1. The fraction of sp³-hybridized carbons (Fsp3) is 0.200. The number of nitrogens with zero attached hydrogens (tertiary/aromatic N) is 2. The average molecular weight is 221 g/mol. The Morgan fingerprint density at radius 3 is 3.00 bits per heavy atom. The number of thiophene rings is 1. The number of aromatic nitrogens is 2. The van der Waals surface area contributed by atoms with Crippen LogP contribution in [0.3, 0.4) is 0 Å². The van der Waals surface area contributed by atoms with E-state index < -0.39 is 0 Å². The second-order valence-corrected chi connectivity index (χ2v) is 3.80. The van der Waals surface area contributed by atoms with Gasteiger partial charge < -0.3 is 10.5 Å². The largest absolute Gasteiger partial charge is 0.481 e. The van der Waals surface area contributed by atoms with Gasteiger partial charge in [0.15, 0.2) is 0 Å². The first-order chi connectivity index (χ1) is 7.31. The molecule has 0 amide bonds. The Hall–Kier alpha value is -1.46. The third kappa shape index (κ3) is 2.14. The summed E-state index contributed by atoms with van der Waals surface area (Å²) < 4.78 is 5.02. The highest BCUT2D eigenvalue weighted by atomic mass is 32.1. The van der Waals surface area contributed by atoms with Gasteiger partial charge >= 0.3 is 0 Å². The van der Waals surface area contributed by atoms with Gasteiger partial charge in [0.1, 0.15) is 6.33 Å². The summed E-state index contributed by atoms with van der Waals surface area (Å²) >= 11 is 1.62. The van der Waals surface area contributed by atoms with Crippen molar-refractivity contribution >= 4 is 11.3 Å². The molecular formula is C10H11N3OS. The van der Waals surface area contributed by atoms with Crippen LogP contribution in [-0.2, 0) is 0 Å². The molecule has 0 saturated carbocycles. The number of rotatable bonds is 3. The van der Waals surface area contributed by atoms with Crippen molar-refractivity contribution in [2.24, 2.45) is 5.73 Å². The third-order valence-corrected chi connectivity index (χ3v) is 2.79. The minimum Gasteiger partial charge on any atom is -0.481 e. The van der Waals surface area contributed by atoms with Crippen molar-refractivity contribution in [2.75, 3.05) is 7.11 Å². The van der Waals surface area contributed by atoms with Crippen molar-refractivity contribution in [3.05, 3.63) is 40.5 Å². The quantitative estimate of drug-likeness (QED) is 0.855. The second-order valence-electron chi connectivity index (χ2n) is 3.02. The predicted octanol–water partition coefficient (Wildman–Crippen LogP) is 1.59. The Morgan fingerprint density at radius 2 is 2.33 bits per heavy atom. The number of ether oxygens (including phenoxy) is 1. The Balaban J connectivity index is 2.29. The number of methoxy groups -OCH3 is 1. The molecular weight excluding hydrogens is 210 g/mol. The minimum atomic E-state index is -0.215. The Morgan fingerprint density at radius 1 is 1.47 bits per heavy atom. The lowest BCUT2D eigenvalue weighted by atomic mass is 10.1. The second kappa shape index (κ2) is 4.37. The van der Waals surface area contributed by atoms with Gasteiger partial charge in [0, 0.05) is 6.07 Å². The smallest absolute Gasteiger partial charge is 0.216 e. The van der Waals surface area contributed by atoms with Gasteiger partial charge in [-0.3, -0.25) is 0 Å². The lowest BCUT2D eigenvalue weighted by Crippen LogP contribution is -2.13. The molecule has 1 atom stereocenters. The molecule has 0 saturated heterocycles. The van der Waals surface area contributed by atoms with Gasteiger partial charge in [0.25, 0.3) is 0 Å². The normalized spacial score (nSPS) is 12.4. The van der Waals surface area contributed by atoms with Crippen LogP contribution in [0.1, 0.15) is 17.3 Å². The molecule has 1 unspecified atom stereocenters. The average Bonchev–Trinajstić information content (AvgIpc) is 2.81. The maximum Gasteiger partial charge on any atom is 0.216 e. The van der Waals surface area contributed by atoms with Crippen LogP contribution >= 0.6 is 11.3 Å². The zero-order valence-electron chi connectivity index (χ0n) is 8.25. The molecule has 2 aromatic rings. The Kier molecular flexibility index (Phi) is 2.94. The fourth-order valence-corrected chi connectivity index (χ4v) is 1.95. The van der Waals surface area contributed by atoms with Crippen LogP contribution in [-0.4, -0.2) is 17.1 Å². The molecule has 0 aliphatic heterocycles. The van der Waals surface area contributed by atoms with E-state index in [9.17, 15) is 0 Å². The van der Waals surface area contributed by atoms with E-state index in [-0.39, 0.29) is 6.04 Å². The maximum atomic E-state index is 6.05. The summed E-state index contributed by atoms with van der Waals surface area (Å²) in [5.74, 6) is 0.533. The van der Waals surface area contributed by atoms with Crippen LogP contribution in [0.5, 0.6) is 5.88 Å². The molecule has 2 aromatic heterocycles. The summed E-state index contributed by atoms with van der Waals surface area (Å²) in [6.45, 7) is 0. The van der Waals surface area contributed by atoms with Gasteiger partial charge in [0.2, 0.25) is 5.88 Å². The van der Waals surface area contributed by atoms with Gasteiger partial charge in [-0.1, -0.05) is 0 Å². The van der Waals surface area contributed by atoms with Crippen molar-refractivity contribution < 1.29 is 4.74 Å². The monoisotopic (exact) mass is 221 g/mol. The van der Waals surface area contributed by atoms with Crippen LogP contribution < -0.4 is 10.5 Å². The molecule has 0 spiro atoms. The Bertz CT molecular complexity index is 430. The van der Waals surface area contributed by atoms with Crippen LogP contribution in [0.2, 0.25) is 0 Å².